The fourth-order valence-electron chi connectivity index (χ4n) is 2.10. The summed E-state index contributed by atoms with van der Waals surface area (Å²) in [6, 6.07) is 9.10. The zero-order valence-electron chi connectivity index (χ0n) is 14.0. The molecule has 1 aliphatic rings. The van der Waals surface area contributed by atoms with Gasteiger partial charge in [0, 0.05) is 47.5 Å². The van der Waals surface area contributed by atoms with Gasteiger partial charge in [-0.25, -0.2) is 4.90 Å². The van der Waals surface area contributed by atoms with Crippen LogP contribution in [-0.4, -0.2) is 45.5 Å². The fourth-order valence-corrected chi connectivity index (χ4v) is 2.10. The van der Waals surface area contributed by atoms with Crippen molar-refractivity contribution in [1.29, 1.82) is 26.3 Å². The Hall–Kier alpha value is -4.00. The normalized spacial score (nSPS) is 14.3. The van der Waals surface area contributed by atoms with Gasteiger partial charge in [0.25, 0.3) is 0 Å². The van der Waals surface area contributed by atoms with Gasteiger partial charge < -0.3 is 0 Å². The topological polar surface area (TPSA) is 135 Å². The smallest absolute Gasteiger partial charge is 0.186 e. The SMILES string of the molecule is N#CC1=C(C#N)N(C#N)C(C#N)C(C#N)=C1C#CC#Cc1ccncc1.[Na]. The average Bonchev–Trinajstić information content (AvgIpc) is 2.69. The fraction of sp³-hybridized carbons (Fsp3) is 0.0526. The van der Waals surface area contributed by atoms with Crippen molar-refractivity contribution in [1.82, 2.24) is 9.88 Å². The first-order valence-electron chi connectivity index (χ1n) is 6.91. The summed E-state index contributed by atoms with van der Waals surface area (Å²) >= 11 is 0. The number of nitrogens with zero attached hydrogens (tertiary/aromatic N) is 7. The third-order valence-electron chi connectivity index (χ3n) is 3.23. The van der Waals surface area contributed by atoms with E-state index in [1.165, 1.54) is 0 Å². The van der Waals surface area contributed by atoms with E-state index in [0.29, 0.717) is 5.56 Å². The Bertz CT molecular complexity index is 1150. The Morgan fingerprint density at radius 2 is 1.52 bits per heavy atom. The summed E-state index contributed by atoms with van der Waals surface area (Å²) in [4.78, 5) is 4.59. The van der Waals surface area contributed by atoms with Crippen LogP contribution in [0.1, 0.15) is 5.56 Å². The van der Waals surface area contributed by atoms with Gasteiger partial charge in [0.05, 0.1) is 23.3 Å². The van der Waals surface area contributed by atoms with Crippen LogP contribution in [0.15, 0.2) is 46.9 Å². The molecule has 8 heteroatoms. The maximum absolute atomic E-state index is 9.36. The van der Waals surface area contributed by atoms with E-state index in [9.17, 15) is 26.3 Å². The minimum Gasteiger partial charge on any atom is -0.265 e. The minimum atomic E-state index is -1.32. The molecule has 0 aliphatic carbocycles. The molecule has 0 amide bonds. The third kappa shape index (κ3) is 4.35. The van der Waals surface area contributed by atoms with Crippen LogP contribution in [-0.2, 0) is 0 Å². The van der Waals surface area contributed by atoms with E-state index in [0.717, 1.165) is 4.90 Å². The number of aromatic nitrogens is 1. The molecular weight excluding hydrogens is 349 g/mol. The van der Waals surface area contributed by atoms with Gasteiger partial charge in [0.2, 0.25) is 0 Å². The van der Waals surface area contributed by atoms with Gasteiger partial charge >= 0.3 is 0 Å². The van der Waals surface area contributed by atoms with Gasteiger partial charge in [-0.1, -0.05) is 11.8 Å². The molecule has 1 aliphatic heterocycles. The quantitative estimate of drug-likeness (QED) is 0.383. The minimum absolute atomic E-state index is 0. The van der Waals surface area contributed by atoms with E-state index >= 15 is 0 Å². The molecule has 117 valence electrons. The molecular formula is C19H5N7Na. The van der Waals surface area contributed by atoms with Crippen LogP contribution in [0.2, 0.25) is 0 Å². The van der Waals surface area contributed by atoms with Crippen molar-refractivity contribution in [2.75, 3.05) is 0 Å². The van der Waals surface area contributed by atoms with Gasteiger partial charge in [-0.3, -0.25) is 4.98 Å². The molecule has 7 nitrogen and oxygen atoms in total. The maximum atomic E-state index is 9.36. The molecule has 0 saturated heterocycles. The van der Waals surface area contributed by atoms with Gasteiger partial charge in [-0.05, 0) is 24.0 Å². The molecule has 0 bridgehead atoms. The second kappa shape index (κ2) is 10.1. The van der Waals surface area contributed by atoms with Crippen LogP contribution >= 0.6 is 0 Å². The van der Waals surface area contributed by atoms with Crippen LogP contribution in [0.3, 0.4) is 0 Å². The van der Waals surface area contributed by atoms with E-state index in [1.54, 1.807) is 55.0 Å². The molecule has 0 fully saturated rings. The molecule has 2 heterocycles. The standard InChI is InChI=1S/C19H5N7.Na/c20-9-16-15(4-2-1-3-14-5-7-25-8-6-14)17(10-21)19(12-23)26(13-24)18(16)11-22;/h5-8,18H;. The van der Waals surface area contributed by atoms with E-state index in [-0.39, 0.29) is 52.0 Å². The predicted octanol–water partition coefficient (Wildman–Crippen LogP) is 0.866. The van der Waals surface area contributed by atoms with Crippen LogP contribution < -0.4 is 0 Å². The van der Waals surface area contributed by atoms with Crippen LogP contribution in [0.4, 0.5) is 0 Å². The Kier molecular flexibility index (Phi) is 7.87. The van der Waals surface area contributed by atoms with Gasteiger partial charge in [-0.15, -0.1) is 0 Å². The van der Waals surface area contributed by atoms with E-state index in [2.05, 4.69) is 28.7 Å². The first-order valence-corrected chi connectivity index (χ1v) is 6.91. The Morgan fingerprint density at radius 3 is 2.04 bits per heavy atom. The largest absolute Gasteiger partial charge is 0.265 e. The van der Waals surface area contributed by atoms with Crippen LogP contribution in [0.25, 0.3) is 0 Å². The summed E-state index contributed by atoms with van der Waals surface area (Å²) < 4.78 is 0. The number of nitriles is 5. The van der Waals surface area contributed by atoms with Crippen molar-refractivity contribution < 1.29 is 0 Å². The van der Waals surface area contributed by atoms with E-state index < -0.39 is 6.04 Å². The number of hydrogen-bond acceptors (Lipinski definition) is 7. The summed E-state index contributed by atoms with van der Waals surface area (Å²) in [6.07, 6.45) is 4.79. The van der Waals surface area contributed by atoms with E-state index in [4.69, 9.17) is 0 Å². The number of rotatable bonds is 0. The van der Waals surface area contributed by atoms with Crippen LogP contribution in [0, 0.1) is 80.5 Å². The number of pyridine rings is 1. The molecule has 0 aromatic carbocycles. The second-order valence-corrected chi connectivity index (χ2v) is 4.59. The molecule has 0 spiro atoms. The summed E-state index contributed by atoms with van der Waals surface area (Å²) in [5.74, 6) is 10.4. The Labute approximate surface area is 178 Å². The monoisotopic (exact) mass is 354 g/mol. The van der Waals surface area contributed by atoms with Gasteiger partial charge in [0.1, 0.15) is 23.4 Å². The molecule has 1 radical (unpaired) electrons. The van der Waals surface area contributed by atoms with Gasteiger partial charge in [-0.2, -0.15) is 26.3 Å². The summed E-state index contributed by atoms with van der Waals surface area (Å²) in [5.41, 5.74) is -0.148. The molecule has 0 saturated carbocycles. The van der Waals surface area contributed by atoms with Crippen molar-refractivity contribution in [2.24, 2.45) is 0 Å². The zero-order chi connectivity index (χ0) is 18.9. The number of hydrogen-bond donors (Lipinski definition) is 0. The Balaban J connectivity index is 0.00000364. The molecule has 27 heavy (non-hydrogen) atoms. The predicted molar refractivity (Wildman–Crippen MR) is 92.4 cm³/mol. The Morgan fingerprint density at radius 1 is 0.852 bits per heavy atom. The van der Waals surface area contributed by atoms with Crippen LogP contribution in [0.5, 0.6) is 0 Å². The van der Waals surface area contributed by atoms with E-state index in [1.807, 2.05) is 0 Å². The van der Waals surface area contributed by atoms with Crippen molar-refractivity contribution >= 4 is 29.6 Å². The van der Waals surface area contributed by atoms with Crippen molar-refractivity contribution in [3.05, 3.63) is 52.5 Å². The van der Waals surface area contributed by atoms with Gasteiger partial charge in [0.15, 0.2) is 12.2 Å². The number of allylic oxidation sites excluding steroid dienone is 3. The molecule has 1 unspecified atom stereocenters. The molecule has 1 aromatic heterocycles. The molecule has 1 atom stereocenters. The summed E-state index contributed by atoms with van der Waals surface area (Å²) in [5, 5.41) is 46.4. The first kappa shape index (κ1) is 21.0. The first-order chi connectivity index (χ1) is 12.7. The molecule has 0 N–H and O–H groups in total. The average molecular weight is 354 g/mol. The van der Waals surface area contributed by atoms with Crippen molar-refractivity contribution in [3.8, 4) is 54.2 Å². The molecule has 1 aromatic rings. The third-order valence-corrected chi connectivity index (χ3v) is 3.23. The second-order valence-electron chi connectivity index (χ2n) is 4.59. The summed E-state index contributed by atoms with van der Waals surface area (Å²) in [7, 11) is 0. The molecule has 2 rings (SSSR count). The summed E-state index contributed by atoms with van der Waals surface area (Å²) in [6.45, 7) is 0. The van der Waals surface area contributed by atoms with Crippen molar-refractivity contribution in [2.45, 2.75) is 6.04 Å². The maximum Gasteiger partial charge on any atom is 0.186 e. The zero-order valence-corrected chi connectivity index (χ0v) is 16.0. The van der Waals surface area contributed by atoms with Crippen molar-refractivity contribution in [3.63, 3.8) is 0 Å².